The van der Waals surface area contributed by atoms with Gasteiger partial charge in [-0.25, -0.2) is 9.97 Å². The van der Waals surface area contributed by atoms with Crippen LogP contribution in [0.15, 0.2) is 18.3 Å². The van der Waals surface area contributed by atoms with Crippen LogP contribution >= 0.6 is 0 Å². The zero-order chi connectivity index (χ0) is 23.4. The quantitative estimate of drug-likeness (QED) is 0.471. The minimum absolute atomic E-state index is 0.392. The zero-order valence-electron chi connectivity index (χ0n) is 19.4. The summed E-state index contributed by atoms with van der Waals surface area (Å²) >= 11 is 0. The average molecular weight is 454 g/mol. The van der Waals surface area contributed by atoms with Gasteiger partial charge in [0.1, 0.15) is 16.9 Å². The summed E-state index contributed by atoms with van der Waals surface area (Å²) in [4.78, 5) is 27.7. The van der Waals surface area contributed by atoms with Crippen molar-refractivity contribution in [2.24, 2.45) is 5.92 Å². The molecule has 10 nitrogen and oxygen atoms in total. The van der Waals surface area contributed by atoms with Crippen molar-refractivity contribution in [1.29, 1.82) is 0 Å². The number of hydrogen-bond acceptors (Lipinski definition) is 8. The first-order valence-electron chi connectivity index (χ1n) is 11.5. The van der Waals surface area contributed by atoms with Gasteiger partial charge >= 0.3 is 5.97 Å². The van der Waals surface area contributed by atoms with Crippen molar-refractivity contribution in [1.82, 2.24) is 24.7 Å². The average Bonchev–Trinajstić information content (AvgIpc) is 3.18. The van der Waals surface area contributed by atoms with Crippen LogP contribution < -0.4 is 10.2 Å². The van der Waals surface area contributed by atoms with E-state index >= 15 is 0 Å². The number of fused-ring (bicyclic) bond motifs is 1. The fourth-order valence-electron chi connectivity index (χ4n) is 4.08. The van der Waals surface area contributed by atoms with E-state index in [2.05, 4.69) is 10.3 Å². The number of nitrogens with zero attached hydrogens (tertiary/aromatic N) is 6. The largest absolute Gasteiger partial charge is 0.481 e. The monoisotopic (exact) mass is 453 g/mol. The summed E-state index contributed by atoms with van der Waals surface area (Å²) in [7, 11) is 0. The molecule has 176 valence electrons. The van der Waals surface area contributed by atoms with Gasteiger partial charge in [-0.1, -0.05) is 13.0 Å². The lowest BCUT2D eigenvalue weighted by molar-refractivity contribution is -0.141. The summed E-state index contributed by atoms with van der Waals surface area (Å²) in [5.74, 6) is 0.590. The predicted octanol–water partition coefficient (Wildman–Crippen LogP) is 3.17. The van der Waals surface area contributed by atoms with E-state index in [9.17, 15) is 9.90 Å². The number of carbonyl (C=O) groups is 1. The van der Waals surface area contributed by atoms with Crippen molar-refractivity contribution < 1.29 is 14.6 Å². The molecule has 1 saturated heterocycles. The molecule has 0 radical (unpaired) electrons. The number of hydrogen-bond donors (Lipinski definition) is 2. The Hall–Kier alpha value is -3.27. The lowest BCUT2D eigenvalue weighted by Gasteiger charge is -2.31. The molecule has 0 amide bonds. The minimum Gasteiger partial charge on any atom is -0.481 e. The van der Waals surface area contributed by atoms with E-state index in [0.717, 1.165) is 35.3 Å². The number of pyridine rings is 1. The van der Waals surface area contributed by atoms with Gasteiger partial charge in [-0.05, 0) is 44.7 Å². The molecule has 10 heteroatoms. The molecule has 1 atom stereocenters. The Kier molecular flexibility index (Phi) is 7.02. The maximum absolute atomic E-state index is 11.6. The third kappa shape index (κ3) is 5.05. The van der Waals surface area contributed by atoms with Crippen LogP contribution in [0.25, 0.3) is 11.0 Å². The van der Waals surface area contributed by atoms with E-state index in [-0.39, 0.29) is 0 Å². The first-order chi connectivity index (χ1) is 16.0. The Morgan fingerprint density at radius 1 is 1.30 bits per heavy atom. The smallest absolute Gasteiger partial charge is 0.308 e. The van der Waals surface area contributed by atoms with Crippen LogP contribution in [-0.2, 0) is 22.5 Å². The number of rotatable bonds is 9. The third-order valence-corrected chi connectivity index (χ3v) is 5.84. The van der Waals surface area contributed by atoms with Gasteiger partial charge in [0.15, 0.2) is 5.82 Å². The summed E-state index contributed by atoms with van der Waals surface area (Å²) in [6.07, 6.45) is 3.97. The van der Waals surface area contributed by atoms with Gasteiger partial charge in [-0.3, -0.25) is 9.48 Å². The van der Waals surface area contributed by atoms with Crippen LogP contribution in [-0.4, -0.2) is 62.1 Å². The second-order valence-corrected chi connectivity index (χ2v) is 8.26. The van der Waals surface area contributed by atoms with Gasteiger partial charge in [0.2, 0.25) is 5.95 Å². The molecule has 0 aromatic carbocycles. The highest BCUT2D eigenvalue weighted by Gasteiger charge is 2.28. The first-order valence-corrected chi connectivity index (χ1v) is 11.5. The van der Waals surface area contributed by atoms with Gasteiger partial charge in [0, 0.05) is 25.9 Å². The van der Waals surface area contributed by atoms with Crippen LogP contribution in [0.4, 0.5) is 17.6 Å². The van der Waals surface area contributed by atoms with Gasteiger partial charge < -0.3 is 20.1 Å². The number of ether oxygens (including phenoxy) is 1. The summed E-state index contributed by atoms with van der Waals surface area (Å²) < 4.78 is 7.44. The summed E-state index contributed by atoms with van der Waals surface area (Å²) in [5.41, 5.74) is 3.50. The highest BCUT2D eigenvalue weighted by Crippen LogP contribution is 2.30. The Morgan fingerprint density at radius 3 is 2.85 bits per heavy atom. The van der Waals surface area contributed by atoms with Gasteiger partial charge in [-0.2, -0.15) is 10.1 Å². The number of anilines is 3. The Balaban J connectivity index is 1.79. The normalized spacial score (nSPS) is 16.3. The molecule has 0 saturated carbocycles. The Labute approximate surface area is 193 Å². The fraction of sp³-hybridized carbons (Fsp3) is 0.522. The Morgan fingerprint density at radius 2 is 2.15 bits per heavy atom. The molecule has 3 aromatic rings. The molecule has 1 fully saturated rings. The minimum atomic E-state index is -0.777. The van der Waals surface area contributed by atoms with E-state index in [0.29, 0.717) is 56.7 Å². The lowest BCUT2D eigenvalue weighted by atomic mass is 9.99. The molecule has 1 aliphatic heterocycles. The molecule has 4 rings (SSSR count). The molecule has 33 heavy (non-hydrogen) atoms. The number of aliphatic carboxylic acids is 1. The SMILES string of the molecule is CCOCCn1nc(CC)c2nc(N3CCC[C@H](C(=O)O)C3)nc(Nc3ccc(C)cn3)c21. The van der Waals surface area contributed by atoms with Crippen LogP contribution in [0.5, 0.6) is 0 Å². The molecule has 1 aliphatic rings. The first kappa shape index (κ1) is 22.9. The second kappa shape index (κ2) is 10.1. The number of piperidine rings is 1. The van der Waals surface area contributed by atoms with Gasteiger partial charge in [0.05, 0.1) is 24.8 Å². The zero-order valence-corrected chi connectivity index (χ0v) is 19.4. The maximum atomic E-state index is 11.6. The van der Waals surface area contributed by atoms with Crippen molar-refractivity contribution in [2.75, 3.05) is 36.5 Å². The van der Waals surface area contributed by atoms with Crippen molar-refractivity contribution >= 4 is 34.6 Å². The molecular formula is C23H31N7O3. The number of nitrogens with one attached hydrogen (secondary N) is 1. The van der Waals surface area contributed by atoms with Crippen molar-refractivity contribution in [3.8, 4) is 0 Å². The van der Waals surface area contributed by atoms with E-state index in [1.165, 1.54) is 0 Å². The van der Waals surface area contributed by atoms with Crippen molar-refractivity contribution in [3.63, 3.8) is 0 Å². The molecule has 0 aliphatic carbocycles. The highest BCUT2D eigenvalue weighted by atomic mass is 16.5. The summed E-state index contributed by atoms with van der Waals surface area (Å²) in [5, 5.41) is 17.7. The topological polar surface area (TPSA) is 118 Å². The highest BCUT2D eigenvalue weighted by molar-refractivity contribution is 5.90. The lowest BCUT2D eigenvalue weighted by Crippen LogP contribution is -2.39. The van der Waals surface area contributed by atoms with E-state index < -0.39 is 11.9 Å². The number of carboxylic acids is 1. The van der Waals surface area contributed by atoms with E-state index in [1.807, 2.05) is 42.5 Å². The van der Waals surface area contributed by atoms with Crippen LogP contribution in [0, 0.1) is 12.8 Å². The van der Waals surface area contributed by atoms with Crippen LogP contribution in [0.3, 0.4) is 0 Å². The molecule has 4 heterocycles. The van der Waals surface area contributed by atoms with E-state index in [4.69, 9.17) is 19.8 Å². The maximum Gasteiger partial charge on any atom is 0.308 e. The van der Waals surface area contributed by atoms with Crippen LogP contribution in [0.2, 0.25) is 0 Å². The molecule has 2 N–H and O–H groups in total. The van der Waals surface area contributed by atoms with Crippen molar-refractivity contribution in [2.45, 2.75) is 46.6 Å². The van der Waals surface area contributed by atoms with E-state index in [1.54, 1.807) is 6.20 Å². The molecule has 0 unspecified atom stereocenters. The summed E-state index contributed by atoms with van der Waals surface area (Å²) in [6, 6.07) is 3.90. The summed E-state index contributed by atoms with van der Waals surface area (Å²) in [6.45, 7) is 8.86. The standard InChI is InChI=1S/C23H31N7O3/c1-4-17-19-20(30(28-17)11-12-33-5-2)21(25-18-9-8-15(3)13-24-18)27-23(26-19)29-10-6-7-16(14-29)22(31)32/h8-9,13,16H,4-7,10-12,14H2,1-3H3,(H,31,32)(H,24,25,26,27)/t16-/m0/s1. The number of aryl methyl sites for hydroxylation is 2. The van der Waals surface area contributed by atoms with Gasteiger partial charge in [-0.15, -0.1) is 0 Å². The Bertz CT molecular complexity index is 1110. The number of carboxylic acid groups (broad SMARTS) is 1. The molecule has 3 aromatic heterocycles. The predicted molar refractivity (Wildman–Crippen MR) is 126 cm³/mol. The van der Waals surface area contributed by atoms with Crippen LogP contribution in [0.1, 0.15) is 37.9 Å². The van der Waals surface area contributed by atoms with Crippen molar-refractivity contribution in [3.05, 3.63) is 29.6 Å². The third-order valence-electron chi connectivity index (χ3n) is 5.84. The second-order valence-electron chi connectivity index (χ2n) is 8.26. The molecule has 0 bridgehead atoms. The fourth-order valence-corrected chi connectivity index (χ4v) is 4.08. The molecule has 0 spiro atoms. The number of aromatic nitrogens is 5. The van der Waals surface area contributed by atoms with Gasteiger partial charge in [0.25, 0.3) is 0 Å². The molecular weight excluding hydrogens is 422 g/mol.